The van der Waals surface area contributed by atoms with Crippen LogP contribution in [0.1, 0.15) is 31.4 Å². The van der Waals surface area contributed by atoms with Gasteiger partial charge < -0.3 is 4.90 Å². The van der Waals surface area contributed by atoms with Gasteiger partial charge in [0.25, 0.3) is 0 Å². The Hall–Kier alpha value is -2.24. The summed E-state index contributed by atoms with van der Waals surface area (Å²) in [5.41, 5.74) is 1.80. The molecule has 0 aromatic heterocycles. The number of rotatable bonds is 7. The first-order valence-corrected chi connectivity index (χ1v) is 9.97. The van der Waals surface area contributed by atoms with Crippen molar-refractivity contribution in [1.82, 2.24) is 9.96 Å². The molecule has 1 saturated heterocycles. The Morgan fingerprint density at radius 3 is 2.57 bits per heavy atom. The van der Waals surface area contributed by atoms with Gasteiger partial charge in [0.15, 0.2) is 0 Å². The Morgan fingerprint density at radius 2 is 1.89 bits per heavy atom. The van der Waals surface area contributed by atoms with Gasteiger partial charge in [-0.15, -0.1) is 0 Å². The van der Waals surface area contributed by atoms with E-state index in [0.29, 0.717) is 5.56 Å². The standard InChI is InChI=1S/C23H29FN2O2/c1-18-16-25(14-12-20-8-4-3-5-9-20)15-13-23(18)26(19(2)27)28-17-21-10-6-7-11-22(21)24/h3-11,18,23H,12-17H2,1-2H3/t18-,23?/m0/s1. The Balaban J connectivity index is 1.54. The van der Waals surface area contributed by atoms with Gasteiger partial charge >= 0.3 is 0 Å². The van der Waals surface area contributed by atoms with Crippen molar-refractivity contribution in [2.75, 3.05) is 19.6 Å². The molecule has 1 fully saturated rings. The first-order chi connectivity index (χ1) is 13.5. The summed E-state index contributed by atoms with van der Waals surface area (Å²) in [5.74, 6) is -0.158. The van der Waals surface area contributed by atoms with Crippen molar-refractivity contribution >= 4 is 5.91 Å². The van der Waals surface area contributed by atoms with Crippen LogP contribution in [0, 0.1) is 11.7 Å². The fraction of sp³-hybridized carbons (Fsp3) is 0.435. The number of halogens is 1. The third-order valence-electron chi connectivity index (χ3n) is 5.43. The van der Waals surface area contributed by atoms with Gasteiger partial charge in [-0.05, 0) is 30.4 Å². The highest BCUT2D eigenvalue weighted by molar-refractivity contribution is 5.72. The third-order valence-corrected chi connectivity index (χ3v) is 5.43. The van der Waals surface area contributed by atoms with Gasteiger partial charge in [-0.3, -0.25) is 9.63 Å². The van der Waals surface area contributed by atoms with E-state index < -0.39 is 0 Å². The van der Waals surface area contributed by atoms with Gasteiger partial charge in [-0.1, -0.05) is 55.5 Å². The molecule has 2 aromatic rings. The van der Waals surface area contributed by atoms with E-state index in [9.17, 15) is 9.18 Å². The second kappa shape index (κ2) is 9.80. The average Bonchev–Trinajstić information content (AvgIpc) is 2.69. The summed E-state index contributed by atoms with van der Waals surface area (Å²) in [6.07, 6.45) is 1.88. The molecular weight excluding hydrogens is 355 g/mol. The van der Waals surface area contributed by atoms with Crippen molar-refractivity contribution in [2.45, 2.75) is 39.3 Å². The third kappa shape index (κ3) is 5.40. The minimum Gasteiger partial charge on any atom is -0.303 e. The molecule has 0 N–H and O–H groups in total. The summed E-state index contributed by atoms with van der Waals surface area (Å²) in [5, 5.41) is 1.46. The molecule has 1 heterocycles. The molecule has 5 heteroatoms. The molecule has 1 aliphatic rings. The second-order valence-corrected chi connectivity index (χ2v) is 7.58. The zero-order valence-electron chi connectivity index (χ0n) is 16.7. The van der Waals surface area contributed by atoms with Crippen LogP contribution in [0.4, 0.5) is 4.39 Å². The van der Waals surface area contributed by atoms with Crippen molar-refractivity contribution in [1.29, 1.82) is 0 Å². The van der Waals surface area contributed by atoms with Crippen LogP contribution < -0.4 is 0 Å². The van der Waals surface area contributed by atoms with E-state index >= 15 is 0 Å². The number of benzene rings is 2. The molecule has 28 heavy (non-hydrogen) atoms. The number of likely N-dealkylation sites (tertiary alicyclic amines) is 1. The van der Waals surface area contributed by atoms with Gasteiger partial charge in [0.1, 0.15) is 12.4 Å². The van der Waals surface area contributed by atoms with Crippen molar-refractivity contribution in [3.05, 3.63) is 71.5 Å². The van der Waals surface area contributed by atoms with E-state index in [4.69, 9.17) is 4.84 Å². The summed E-state index contributed by atoms with van der Waals surface area (Å²) in [7, 11) is 0. The Morgan fingerprint density at radius 1 is 1.18 bits per heavy atom. The molecule has 0 spiro atoms. The first-order valence-electron chi connectivity index (χ1n) is 9.97. The quantitative estimate of drug-likeness (QED) is 0.675. The molecule has 0 saturated carbocycles. The van der Waals surface area contributed by atoms with Crippen molar-refractivity contribution in [3.8, 4) is 0 Å². The summed E-state index contributed by atoms with van der Waals surface area (Å²) in [4.78, 5) is 20.4. The molecule has 0 bridgehead atoms. The fourth-order valence-electron chi connectivity index (χ4n) is 3.88. The maximum Gasteiger partial charge on any atom is 0.243 e. The van der Waals surface area contributed by atoms with E-state index in [2.05, 4.69) is 36.1 Å². The summed E-state index contributed by atoms with van der Waals surface area (Å²) >= 11 is 0. The summed E-state index contributed by atoms with van der Waals surface area (Å²) in [6, 6.07) is 17.0. The van der Waals surface area contributed by atoms with Gasteiger partial charge in [-0.2, -0.15) is 0 Å². The number of hydroxylamine groups is 2. The lowest BCUT2D eigenvalue weighted by molar-refractivity contribution is -0.214. The number of piperidine rings is 1. The number of nitrogens with zero attached hydrogens (tertiary/aromatic N) is 2. The van der Waals surface area contributed by atoms with Crippen LogP contribution in [0.5, 0.6) is 0 Å². The SMILES string of the molecule is CC(=O)N(OCc1ccccc1F)C1CCN(CCc2ccccc2)C[C@@H]1C. The molecule has 3 rings (SSSR count). The van der Waals surface area contributed by atoms with Crippen molar-refractivity contribution in [3.63, 3.8) is 0 Å². The van der Waals surface area contributed by atoms with E-state index in [-0.39, 0.29) is 30.3 Å². The minimum atomic E-state index is -0.310. The van der Waals surface area contributed by atoms with E-state index in [1.54, 1.807) is 18.2 Å². The average molecular weight is 384 g/mol. The monoisotopic (exact) mass is 384 g/mol. The van der Waals surface area contributed by atoms with Crippen LogP contribution in [0.25, 0.3) is 0 Å². The molecule has 2 aromatic carbocycles. The molecule has 0 radical (unpaired) electrons. The summed E-state index contributed by atoms with van der Waals surface area (Å²) < 4.78 is 13.8. The van der Waals surface area contributed by atoms with Crippen LogP contribution in [0.2, 0.25) is 0 Å². The van der Waals surface area contributed by atoms with E-state index in [0.717, 1.165) is 32.5 Å². The number of hydrogen-bond donors (Lipinski definition) is 0. The van der Waals surface area contributed by atoms with Crippen LogP contribution in [-0.2, 0) is 22.7 Å². The summed E-state index contributed by atoms with van der Waals surface area (Å²) in [6.45, 7) is 6.58. The minimum absolute atomic E-state index is 0.0113. The maximum atomic E-state index is 13.8. The number of amides is 1. The molecule has 150 valence electrons. The predicted octanol–water partition coefficient (Wildman–Crippen LogP) is 4.06. The lowest BCUT2D eigenvalue weighted by atomic mass is 9.93. The molecule has 0 aliphatic carbocycles. The Labute approximate surface area is 166 Å². The Bertz CT molecular complexity index is 768. The predicted molar refractivity (Wildman–Crippen MR) is 108 cm³/mol. The van der Waals surface area contributed by atoms with Gasteiger partial charge in [0, 0.05) is 32.1 Å². The zero-order valence-corrected chi connectivity index (χ0v) is 16.7. The molecule has 2 atom stereocenters. The highest BCUT2D eigenvalue weighted by Crippen LogP contribution is 2.24. The number of carbonyl (C=O) groups is 1. The van der Waals surface area contributed by atoms with Crippen LogP contribution in [0.3, 0.4) is 0 Å². The number of carbonyl (C=O) groups excluding carboxylic acids is 1. The van der Waals surface area contributed by atoms with Crippen molar-refractivity contribution < 1.29 is 14.0 Å². The highest BCUT2D eigenvalue weighted by Gasteiger charge is 2.33. The van der Waals surface area contributed by atoms with E-state index in [1.807, 2.05) is 6.07 Å². The fourth-order valence-corrected chi connectivity index (χ4v) is 3.88. The smallest absolute Gasteiger partial charge is 0.243 e. The van der Waals surface area contributed by atoms with Crippen LogP contribution >= 0.6 is 0 Å². The molecule has 1 amide bonds. The highest BCUT2D eigenvalue weighted by atomic mass is 19.1. The Kier molecular flexibility index (Phi) is 7.18. The lowest BCUT2D eigenvalue weighted by Gasteiger charge is -2.41. The van der Waals surface area contributed by atoms with Gasteiger partial charge in [0.2, 0.25) is 5.91 Å². The molecule has 1 unspecified atom stereocenters. The second-order valence-electron chi connectivity index (χ2n) is 7.58. The van der Waals surface area contributed by atoms with Gasteiger partial charge in [-0.25, -0.2) is 9.45 Å². The maximum absolute atomic E-state index is 13.8. The van der Waals surface area contributed by atoms with E-state index in [1.165, 1.54) is 23.6 Å². The molecular formula is C23H29FN2O2. The topological polar surface area (TPSA) is 32.8 Å². The first kappa shape index (κ1) is 20.5. The lowest BCUT2D eigenvalue weighted by Crippen LogP contribution is -2.51. The van der Waals surface area contributed by atoms with Crippen LogP contribution in [0.15, 0.2) is 54.6 Å². The van der Waals surface area contributed by atoms with Crippen LogP contribution in [-0.4, -0.2) is 41.5 Å². The van der Waals surface area contributed by atoms with Gasteiger partial charge in [0.05, 0.1) is 6.04 Å². The molecule has 4 nitrogen and oxygen atoms in total. The van der Waals surface area contributed by atoms with Crippen molar-refractivity contribution in [2.24, 2.45) is 5.92 Å². The largest absolute Gasteiger partial charge is 0.303 e. The zero-order chi connectivity index (χ0) is 19.9. The molecule has 1 aliphatic heterocycles. The normalized spacial score (nSPS) is 20.1. The number of hydrogen-bond acceptors (Lipinski definition) is 3.